The highest BCUT2D eigenvalue weighted by Crippen LogP contribution is 2.31. The molecule has 0 saturated heterocycles. The van der Waals surface area contributed by atoms with E-state index in [0.717, 1.165) is 28.0 Å². The number of thioether (sulfide) groups is 1. The van der Waals surface area contributed by atoms with Gasteiger partial charge in [0.25, 0.3) is 0 Å². The van der Waals surface area contributed by atoms with Gasteiger partial charge in [-0.1, -0.05) is 30.0 Å². The van der Waals surface area contributed by atoms with Crippen LogP contribution in [0.2, 0.25) is 0 Å². The van der Waals surface area contributed by atoms with E-state index >= 15 is 0 Å². The number of hydrogen-bond donors (Lipinski definition) is 0. The molecule has 0 spiro atoms. The van der Waals surface area contributed by atoms with Crippen LogP contribution in [0, 0.1) is 0 Å². The van der Waals surface area contributed by atoms with E-state index in [9.17, 15) is 0 Å². The molecule has 3 aromatic rings. The Kier molecular flexibility index (Phi) is 6.60. The highest BCUT2D eigenvalue weighted by atomic mass is 32.2. The fourth-order valence-electron chi connectivity index (χ4n) is 2.71. The number of nitrogens with zero attached hydrogens (tertiary/aromatic N) is 3. The molecule has 6 nitrogen and oxygen atoms in total. The standard InChI is InChI=1S/C21H23N3O3S/c1-5-10-24-20(16-11-18(26-3)13-19(12-16)27-4)22-23-21(24)28-14-15-6-8-17(25-2)9-7-15/h5-9,11-13H,1,10,14H2,2-4H3. The van der Waals surface area contributed by atoms with Gasteiger partial charge >= 0.3 is 0 Å². The maximum absolute atomic E-state index is 5.38. The van der Waals surface area contributed by atoms with Gasteiger partial charge in [-0.25, -0.2) is 0 Å². The van der Waals surface area contributed by atoms with Crippen molar-refractivity contribution in [1.82, 2.24) is 14.8 Å². The molecule has 146 valence electrons. The average Bonchev–Trinajstić information content (AvgIpc) is 3.15. The van der Waals surface area contributed by atoms with Crippen molar-refractivity contribution < 1.29 is 14.2 Å². The minimum absolute atomic E-state index is 0.604. The van der Waals surface area contributed by atoms with Gasteiger partial charge in [0.05, 0.1) is 21.3 Å². The summed E-state index contributed by atoms with van der Waals surface area (Å²) >= 11 is 1.63. The zero-order valence-electron chi connectivity index (χ0n) is 16.2. The molecule has 0 atom stereocenters. The topological polar surface area (TPSA) is 58.4 Å². The molecule has 0 saturated carbocycles. The molecule has 3 rings (SSSR count). The van der Waals surface area contributed by atoms with Gasteiger partial charge in [0.2, 0.25) is 0 Å². The van der Waals surface area contributed by atoms with Crippen LogP contribution in [0.1, 0.15) is 5.56 Å². The zero-order chi connectivity index (χ0) is 19.9. The summed E-state index contributed by atoms with van der Waals surface area (Å²) in [5.41, 5.74) is 2.06. The van der Waals surface area contributed by atoms with E-state index in [1.165, 1.54) is 5.56 Å². The maximum Gasteiger partial charge on any atom is 0.192 e. The second-order valence-corrected chi connectivity index (χ2v) is 6.89. The molecule has 0 fully saturated rings. The van der Waals surface area contributed by atoms with Crippen LogP contribution in [-0.2, 0) is 12.3 Å². The molecule has 28 heavy (non-hydrogen) atoms. The molecular formula is C21H23N3O3S. The van der Waals surface area contributed by atoms with E-state index in [1.807, 2.05) is 53.1 Å². The lowest BCUT2D eigenvalue weighted by Gasteiger charge is -2.10. The Morgan fingerprint density at radius 3 is 2.14 bits per heavy atom. The van der Waals surface area contributed by atoms with Crippen LogP contribution in [0.15, 0.2) is 60.3 Å². The Morgan fingerprint density at radius 1 is 0.929 bits per heavy atom. The lowest BCUT2D eigenvalue weighted by Crippen LogP contribution is -2.01. The summed E-state index contributed by atoms with van der Waals surface area (Å²) in [5.74, 6) is 3.78. The van der Waals surface area contributed by atoms with E-state index in [4.69, 9.17) is 14.2 Å². The highest BCUT2D eigenvalue weighted by Gasteiger charge is 2.15. The summed E-state index contributed by atoms with van der Waals surface area (Å²) in [5, 5.41) is 9.63. The van der Waals surface area contributed by atoms with Crippen LogP contribution >= 0.6 is 11.8 Å². The Hall–Kier alpha value is -2.93. The first-order valence-corrected chi connectivity index (χ1v) is 9.70. The first-order valence-electron chi connectivity index (χ1n) is 8.71. The van der Waals surface area contributed by atoms with Gasteiger partial charge < -0.3 is 14.2 Å². The van der Waals surface area contributed by atoms with Crippen molar-refractivity contribution in [2.24, 2.45) is 0 Å². The molecule has 0 aliphatic rings. The number of rotatable bonds is 9. The van der Waals surface area contributed by atoms with Crippen molar-refractivity contribution in [1.29, 1.82) is 0 Å². The minimum Gasteiger partial charge on any atom is -0.497 e. The second-order valence-electron chi connectivity index (χ2n) is 5.94. The SMILES string of the molecule is C=CCn1c(SCc2ccc(OC)cc2)nnc1-c1cc(OC)cc(OC)c1. The lowest BCUT2D eigenvalue weighted by atomic mass is 10.2. The van der Waals surface area contributed by atoms with Crippen molar-refractivity contribution in [3.05, 3.63) is 60.7 Å². The summed E-state index contributed by atoms with van der Waals surface area (Å²) in [7, 11) is 4.92. The third kappa shape index (κ3) is 4.48. The molecule has 0 radical (unpaired) electrons. The van der Waals surface area contributed by atoms with Gasteiger partial charge in [0, 0.05) is 23.9 Å². The van der Waals surface area contributed by atoms with E-state index in [0.29, 0.717) is 18.0 Å². The first-order chi connectivity index (χ1) is 13.7. The van der Waals surface area contributed by atoms with Crippen LogP contribution in [0.25, 0.3) is 11.4 Å². The first kappa shape index (κ1) is 19.8. The molecular weight excluding hydrogens is 374 g/mol. The van der Waals surface area contributed by atoms with Crippen LogP contribution < -0.4 is 14.2 Å². The summed E-state index contributed by atoms with van der Waals surface area (Å²) in [6, 6.07) is 13.7. The van der Waals surface area contributed by atoms with Crippen molar-refractivity contribution in [3.63, 3.8) is 0 Å². The summed E-state index contributed by atoms with van der Waals surface area (Å²) in [4.78, 5) is 0. The van der Waals surface area contributed by atoms with Gasteiger partial charge in [-0.3, -0.25) is 4.57 Å². The molecule has 1 aromatic heterocycles. The van der Waals surface area contributed by atoms with Crippen molar-refractivity contribution >= 4 is 11.8 Å². The summed E-state index contributed by atoms with van der Waals surface area (Å²) in [6.07, 6.45) is 1.84. The van der Waals surface area contributed by atoms with E-state index in [1.54, 1.807) is 33.1 Å². The predicted octanol–water partition coefficient (Wildman–Crippen LogP) is 4.45. The predicted molar refractivity (Wildman–Crippen MR) is 111 cm³/mol. The van der Waals surface area contributed by atoms with Crippen LogP contribution in [0.4, 0.5) is 0 Å². The second kappa shape index (κ2) is 9.32. The molecule has 0 aliphatic carbocycles. The van der Waals surface area contributed by atoms with Crippen molar-refractivity contribution in [3.8, 4) is 28.6 Å². The summed E-state index contributed by atoms with van der Waals surface area (Å²) in [6.45, 7) is 4.47. The number of benzene rings is 2. The van der Waals surface area contributed by atoms with Crippen LogP contribution in [-0.4, -0.2) is 36.1 Å². The van der Waals surface area contributed by atoms with E-state index in [-0.39, 0.29) is 0 Å². The van der Waals surface area contributed by atoms with Crippen LogP contribution in [0.5, 0.6) is 17.2 Å². The van der Waals surface area contributed by atoms with Gasteiger partial charge in [-0.05, 0) is 29.8 Å². The van der Waals surface area contributed by atoms with E-state index < -0.39 is 0 Å². The van der Waals surface area contributed by atoms with Gasteiger partial charge in [-0.2, -0.15) is 0 Å². The number of ether oxygens (including phenoxy) is 3. The van der Waals surface area contributed by atoms with Gasteiger partial charge in [0.15, 0.2) is 11.0 Å². The molecule has 2 aromatic carbocycles. The monoisotopic (exact) mass is 397 g/mol. The van der Waals surface area contributed by atoms with Crippen LogP contribution in [0.3, 0.4) is 0 Å². The fraction of sp³-hybridized carbons (Fsp3) is 0.238. The average molecular weight is 398 g/mol. The third-order valence-corrected chi connectivity index (χ3v) is 5.20. The number of hydrogen-bond acceptors (Lipinski definition) is 6. The Labute approximate surface area is 169 Å². The largest absolute Gasteiger partial charge is 0.497 e. The smallest absolute Gasteiger partial charge is 0.192 e. The van der Waals surface area contributed by atoms with E-state index in [2.05, 4.69) is 16.8 Å². The van der Waals surface area contributed by atoms with Gasteiger partial charge in [0.1, 0.15) is 17.2 Å². The maximum atomic E-state index is 5.38. The molecule has 0 unspecified atom stereocenters. The van der Waals surface area contributed by atoms with Gasteiger partial charge in [-0.15, -0.1) is 16.8 Å². The highest BCUT2D eigenvalue weighted by molar-refractivity contribution is 7.98. The quantitative estimate of drug-likeness (QED) is 0.393. The van der Waals surface area contributed by atoms with Crippen molar-refractivity contribution in [2.75, 3.05) is 21.3 Å². The molecule has 0 N–H and O–H groups in total. The number of methoxy groups -OCH3 is 3. The molecule has 7 heteroatoms. The minimum atomic E-state index is 0.604. The summed E-state index contributed by atoms with van der Waals surface area (Å²) < 4.78 is 18.0. The number of allylic oxidation sites excluding steroid dienone is 1. The zero-order valence-corrected chi connectivity index (χ0v) is 17.0. The number of aromatic nitrogens is 3. The Morgan fingerprint density at radius 2 is 1.57 bits per heavy atom. The lowest BCUT2D eigenvalue weighted by molar-refractivity contribution is 0.394. The Bertz CT molecular complexity index is 916. The molecule has 0 amide bonds. The van der Waals surface area contributed by atoms with Crippen molar-refractivity contribution in [2.45, 2.75) is 17.5 Å². The molecule has 0 bridgehead atoms. The third-order valence-electron chi connectivity index (χ3n) is 4.17. The normalized spacial score (nSPS) is 10.5. The Balaban J connectivity index is 1.88. The fourth-order valence-corrected chi connectivity index (χ4v) is 3.61. The molecule has 1 heterocycles. The molecule has 0 aliphatic heterocycles.